The second-order valence-corrected chi connectivity index (χ2v) is 24.3. The van der Waals surface area contributed by atoms with Gasteiger partial charge in [0.25, 0.3) is 15.9 Å². The SMILES string of the molecule is Cc1c(C(=O)NS(C)(=O)=O)c(-c2cccc(N3CCN(c4ccc(NS(=O)(=O)c5ccc(N[C@H](CCN6CCC(C)(O)CC6)CSc6ccccc6)c(CC(F)(F)F)c5)cc4)CC3)c2)c(-c2ccc(Cl)cc2)n1C. The monoisotopic (exact) mass is 1090 g/mol. The van der Waals surface area contributed by atoms with Gasteiger partial charge in [-0.05, 0) is 129 Å². The van der Waals surface area contributed by atoms with Gasteiger partial charge in [0.05, 0.1) is 34.4 Å². The number of nitrogens with one attached hydrogen (secondary N) is 3. The van der Waals surface area contributed by atoms with E-state index in [1.54, 1.807) is 55.1 Å². The van der Waals surface area contributed by atoms with E-state index in [0.717, 1.165) is 58.5 Å². The summed E-state index contributed by atoms with van der Waals surface area (Å²) in [6.07, 6.45) is -3.09. The molecular formula is C54H61ClF3N7O6S3. The van der Waals surface area contributed by atoms with Crippen molar-refractivity contribution in [3.63, 3.8) is 0 Å². The number of piperidine rings is 1. The number of aromatic nitrogens is 1. The van der Waals surface area contributed by atoms with Crippen LogP contribution in [0.1, 0.15) is 47.8 Å². The smallest absolute Gasteiger partial charge is 0.390 e. The van der Waals surface area contributed by atoms with Gasteiger partial charge in [-0.3, -0.25) is 9.52 Å². The molecule has 1 aromatic heterocycles. The summed E-state index contributed by atoms with van der Waals surface area (Å²) in [6.45, 7) is 8.21. The van der Waals surface area contributed by atoms with E-state index < -0.39 is 44.2 Å². The van der Waals surface area contributed by atoms with Crippen LogP contribution in [-0.4, -0.2) is 113 Å². The number of halogens is 4. The molecular weight excluding hydrogens is 1030 g/mol. The van der Waals surface area contributed by atoms with E-state index in [4.69, 9.17) is 11.6 Å². The molecule has 3 heterocycles. The van der Waals surface area contributed by atoms with Crippen molar-refractivity contribution in [2.24, 2.45) is 7.05 Å². The Bertz CT molecular complexity index is 3160. The van der Waals surface area contributed by atoms with Gasteiger partial charge in [-0.25, -0.2) is 21.6 Å². The van der Waals surface area contributed by atoms with Gasteiger partial charge in [-0.1, -0.05) is 54.1 Å². The van der Waals surface area contributed by atoms with Crippen molar-refractivity contribution in [3.8, 4) is 22.4 Å². The van der Waals surface area contributed by atoms with Gasteiger partial charge >= 0.3 is 6.18 Å². The van der Waals surface area contributed by atoms with Crippen molar-refractivity contribution in [1.82, 2.24) is 14.2 Å². The summed E-state index contributed by atoms with van der Waals surface area (Å²) in [5.41, 5.74) is 4.97. The van der Waals surface area contributed by atoms with Crippen molar-refractivity contribution in [1.29, 1.82) is 0 Å². The molecule has 0 saturated carbocycles. The van der Waals surface area contributed by atoms with Gasteiger partial charge in [0.15, 0.2) is 0 Å². The van der Waals surface area contributed by atoms with Crippen LogP contribution in [0.3, 0.4) is 0 Å². The number of nitrogens with zero attached hydrogens (tertiary/aromatic N) is 4. The highest BCUT2D eigenvalue weighted by Gasteiger charge is 2.32. The molecule has 1 amide bonds. The number of benzene rings is 5. The second-order valence-electron chi connectivity index (χ2n) is 19.3. The zero-order chi connectivity index (χ0) is 53.0. The molecule has 2 fully saturated rings. The molecule has 394 valence electrons. The van der Waals surface area contributed by atoms with Crippen LogP contribution in [0, 0.1) is 6.92 Å². The zero-order valence-electron chi connectivity index (χ0n) is 41.6. The summed E-state index contributed by atoms with van der Waals surface area (Å²) < 4.78 is 101. The lowest BCUT2D eigenvalue weighted by molar-refractivity contribution is -0.127. The van der Waals surface area contributed by atoms with E-state index in [0.29, 0.717) is 74.0 Å². The first-order valence-electron chi connectivity index (χ1n) is 24.3. The molecule has 0 radical (unpaired) electrons. The number of carbonyl (C=O) groups excluding carboxylic acids is 1. The topological polar surface area (TPSA) is 156 Å². The van der Waals surface area contributed by atoms with Crippen LogP contribution < -0.4 is 24.6 Å². The number of amides is 1. The summed E-state index contributed by atoms with van der Waals surface area (Å²) in [4.78, 5) is 21.0. The highest BCUT2D eigenvalue weighted by Crippen LogP contribution is 2.41. The predicted octanol–water partition coefficient (Wildman–Crippen LogP) is 10.1. The molecule has 2 saturated heterocycles. The van der Waals surface area contributed by atoms with Crippen LogP contribution in [0.4, 0.5) is 35.9 Å². The molecule has 5 aromatic carbocycles. The number of thioether (sulfide) groups is 1. The molecule has 0 unspecified atom stereocenters. The molecule has 20 heteroatoms. The number of sulfonamides is 2. The lowest BCUT2D eigenvalue weighted by atomic mass is 9.93. The third kappa shape index (κ3) is 14.0. The van der Waals surface area contributed by atoms with Crippen LogP contribution in [-0.2, 0) is 33.5 Å². The maximum absolute atomic E-state index is 14.1. The standard InChI is InChI=1S/C54H61ClF3N7O6S3/c1-37-49(52(66)61-73(4,68)69)50(51(62(37)3)38-13-15-41(55)16-14-38)39-9-8-10-45(33-39)65-31-29-64(30-32-65)44-19-17-42(18-20-44)60-74(70,71)47-21-22-48(40(34-47)35-54(56,57)58)59-43(36-72-46-11-6-5-7-12-46)23-26-63-27-24-53(2,67)25-28-63/h5-22,33-34,43,59-60,67H,23-32,35-36H2,1-4H3,(H,61,66)/t43-/m1/s1. The van der Waals surface area contributed by atoms with E-state index in [9.17, 15) is 39.9 Å². The molecule has 74 heavy (non-hydrogen) atoms. The summed E-state index contributed by atoms with van der Waals surface area (Å²) in [5.74, 6) is -0.174. The fraction of sp³-hybridized carbons (Fsp3) is 0.352. The third-order valence-corrected chi connectivity index (χ3v) is 17.0. The van der Waals surface area contributed by atoms with Gasteiger partial charge in [0.2, 0.25) is 10.0 Å². The number of piperazine rings is 1. The van der Waals surface area contributed by atoms with Gasteiger partial charge < -0.3 is 29.7 Å². The van der Waals surface area contributed by atoms with Crippen molar-refractivity contribution in [2.45, 2.75) is 67.1 Å². The maximum Gasteiger partial charge on any atom is 0.393 e. The van der Waals surface area contributed by atoms with Crippen molar-refractivity contribution < 1.29 is 39.9 Å². The number of aliphatic hydroxyl groups is 1. The zero-order valence-corrected chi connectivity index (χ0v) is 44.8. The van der Waals surface area contributed by atoms with Gasteiger partial charge in [0.1, 0.15) is 0 Å². The highest BCUT2D eigenvalue weighted by molar-refractivity contribution is 7.99. The Hall–Kier alpha value is -5.70. The molecule has 1 atom stereocenters. The van der Waals surface area contributed by atoms with Crippen LogP contribution in [0.15, 0.2) is 131 Å². The fourth-order valence-electron chi connectivity index (χ4n) is 9.53. The first-order valence-corrected chi connectivity index (χ1v) is 29.0. The minimum Gasteiger partial charge on any atom is -0.390 e. The number of likely N-dealkylation sites (tertiary alicyclic amines) is 1. The Morgan fingerprint density at radius 2 is 1.46 bits per heavy atom. The Kier molecular flexibility index (Phi) is 16.7. The number of hydrogen-bond donors (Lipinski definition) is 4. The van der Waals surface area contributed by atoms with Crippen LogP contribution in [0.5, 0.6) is 0 Å². The average molecular weight is 1090 g/mol. The molecule has 6 aromatic rings. The van der Waals surface area contributed by atoms with E-state index in [1.807, 2.05) is 85.3 Å². The molecule has 0 spiro atoms. The Morgan fingerprint density at radius 1 is 0.811 bits per heavy atom. The van der Waals surface area contributed by atoms with Crippen molar-refractivity contribution in [3.05, 3.63) is 143 Å². The lowest BCUT2D eigenvalue weighted by Crippen LogP contribution is -2.46. The summed E-state index contributed by atoms with van der Waals surface area (Å²) >= 11 is 7.83. The van der Waals surface area contributed by atoms with E-state index in [-0.39, 0.29) is 33.4 Å². The minimum atomic E-state index is -4.60. The molecule has 8 rings (SSSR count). The number of hydrogen-bond acceptors (Lipinski definition) is 11. The normalized spacial score (nSPS) is 16.0. The van der Waals surface area contributed by atoms with E-state index in [2.05, 4.69) is 29.5 Å². The van der Waals surface area contributed by atoms with Crippen molar-refractivity contribution >= 4 is 72.1 Å². The van der Waals surface area contributed by atoms with Crippen LogP contribution >= 0.6 is 23.4 Å². The Morgan fingerprint density at radius 3 is 2.09 bits per heavy atom. The van der Waals surface area contributed by atoms with E-state index in [1.165, 1.54) is 12.1 Å². The first kappa shape index (κ1) is 54.6. The van der Waals surface area contributed by atoms with Crippen LogP contribution in [0.2, 0.25) is 5.02 Å². The van der Waals surface area contributed by atoms with E-state index >= 15 is 0 Å². The predicted molar refractivity (Wildman–Crippen MR) is 292 cm³/mol. The molecule has 0 aliphatic carbocycles. The third-order valence-electron chi connectivity index (χ3n) is 13.6. The van der Waals surface area contributed by atoms with Crippen molar-refractivity contribution in [2.75, 3.05) is 77.7 Å². The summed E-state index contributed by atoms with van der Waals surface area (Å²) in [6, 6.07) is 35.2. The first-order chi connectivity index (χ1) is 35.0. The summed E-state index contributed by atoms with van der Waals surface area (Å²) in [5, 5.41) is 14.4. The molecule has 2 aliphatic rings. The number of carbonyl (C=O) groups is 1. The van der Waals surface area contributed by atoms with Gasteiger partial charge in [-0.15, -0.1) is 11.8 Å². The maximum atomic E-state index is 14.1. The van der Waals surface area contributed by atoms with Crippen LogP contribution in [0.25, 0.3) is 22.4 Å². The summed E-state index contributed by atoms with van der Waals surface area (Å²) in [7, 11) is -6.35. The number of alkyl halides is 3. The largest absolute Gasteiger partial charge is 0.393 e. The number of rotatable bonds is 18. The Labute approximate surface area is 441 Å². The highest BCUT2D eigenvalue weighted by atomic mass is 35.5. The average Bonchev–Trinajstić information content (AvgIpc) is 3.62. The molecule has 4 N–H and O–H groups in total. The fourth-order valence-corrected chi connectivity index (χ4v) is 12.2. The quantitative estimate of drug-likeness (QED) is 0.0608. The number of anilines is 4. The molecule has 0 bridgehead atoms. The molecule has 13 nitrogen and oxygen atoms in total. The molecule has 2 aliphatic heterocycles. The second kappa shape index (κ2) is 22.6. The lowest BCUT2D eigenvalue weighted by Gasteiger charge is -2.37. The Balaban J connectivity index is 0.946. The minimum absolute atomic E-state index is 0.176. The van der Waals surface area contributed by atoms with Gasteiger partial charge in [0, 0.05) is 109 Å². The van der Waals surface area contributed by atoms with Gasteiger partial charge in [-0.2, -0.15) is 13.2 Å².